The van der Waals surface area contributed by atoms with Crippen LogP contribution in [0.25, 0.3) is 0 Å². The smallest absolute Gasteiger partial charge is 0.331 e. The van der Waals surface area contributed by atoms with E-state index in [-0.39, 0.29) is 11.5 Å². The molecular weight excluding hydrogens is 334 g/mol. The summed E-state index contributed by atoms with van der Waals surface area (Å²) in [7, 11) is 0. The van der Waals surface area contributed by atoms with E-state index in [0.717, 1.165) is 5.56 Å². The van der Waals surface area contributed by atoms with Gasteiger partial charge in [0.25, 0.3) is 5.91 Å². The maximum absolute atomic E-state index is 13.1. The number of Topliss-reactive ketones (excluding diaryl/α,β-unsaturated/α-hetero) is 1. The predicted octanol–water partition coefficient (Wildman–Crippen LogP) is 2.93. The van der Waals surface area contributed by atoms with Crippen molar-refractivity contribution in [3.63, 3.8) is 0 Å². The van der Waals surface area contributed by atoms with Gasteiger partial charge >= 0.3 is 5.97 Å². The number of hydrogen-bond donors (Lipinski definition) is 1. The van der Waals surface area contributed by atoms with Crippen LogP contribution in [0.2, 0.25) is 0 Å². The molecular formula is C20H19NO5. The average molecular weight is 353 g/mol. The zero-order valence-electron chi connectivity index (χ0n) is 14.4. The lowest BCUT2D eigenvalue weighted by Gasteiger charge is -2.34. The van der Waals surface area contributed by atoms with Gasteiger partial charge in [0.1, 0.15) is 5.76 Å². The van der Waals surface area contributed by atoms with Crippen LogP contribution in [-0.2, 0) is 17.6 Å². The highest BCUT2D eigenvalue weighted by atomic mass is 16.4. The zero-order valence-corrected chi connectivity index (χ0v) is 14.4. The van der Waals surface area contributed by atoms with E-state index in [1.807, 2.05) is 12.1 Å². The summed E-state index contributed by atoms with van der Waals surface area (Å²) in [5.74, 6) is -0.908. The average Bonchev–Trinajstić information content (AvgIpc) is 2.98. The Morgan fingerprint density at radius 2 is 1.96 bits per heavy atom. The van der Waals surface area contributed by atoms with Gasteiger partial charge in [-0.15, -0.1) is 0 Å². The molecule has 134 valence electrons. The first-order valence-corrected chi connectivity index (χ1v) is 8.76. The van der Waals surface area contributed by atoms with Crippen molar-refractivity contribution in [2.24, 2.45) is 0 Å². The molecule has 2 aromatic rings. The molecule has 2 aliphatic rings. The van der Waals surface area contributed by atoms with Gasteiger partial charge in [-0.05, 0) is 30.9 Å². The van der Waals surface area contributed by atoms with Gasteiger partial charge in [-0.3, -0.25) is 9.59 Å². The van der Waals surface area contributed by atoms with Gasteiger partial charge in [0, 0.05) is 24.9 Å². The number of furan rings is 1. The number of carbonyl (C=O) groups excluding carboxylic acids is 2. The molecule has 1 aliphatic heterocycles. The van der Waals surface area contributed by atoms with Gasteiger partial charge in [0.05, 0.1) is 5.56 Å². The fourth-order valence-electron chi connectivity index (χ4n) is 4.03. The van der Waals surface area contributed by atoms with Crippen LogP contribution >= 0.6 is 0 Å². The highest BCUT2D eigenvalue weighted by Gasteiger charge is 2.39. The molecule has 2 heterocycles. The number of carbonyl (C=O) groups is 3. The second-order valence-corrected chi connectivity index (χ2v) is 6.82. The fourth-order valence-corrected chi connectivity index (χ4v) is 4.03. The van der Waals surface area contributed by atoms with Crippen molar-refractivity contribution in [3.05, 3.63) is 58.0 Å². The Hall–Kier alpha value is -2.89. The van der Waals surface area contributed by atoms with Crippen molar-refractivity contribution in [3.8, 4) is 0 Å². The molecule has 1 aromatic heterocycles. The summed E-state index contributed by atoms with van der Waals surface area (Å²) in [4.78, 5) is 38.6. The third-order valence-electron chi connectivity index (χ3n) is 5.28. The molecule has 4 rings (SSSR count). The first kappa shape index (κ1) is 16.6. The van der Waals surface area contributed by atoms with Gasteiger partial charge < -0.3 is 14.4 Å². The van der Waals surface area contributed by atoms with Crippen LogP contribution in [0.3, 0.4) is 0 Å². The van der Waals surface area contributed by atoms with Crippen molar-refractivity contribution < 1.29 is 23.9 Å². The van der Waals surface area contributed by atoms with Crippen LogP contribution in [0, 0.1) is 6.92 Å². The number of aliphatic carboxylic acids is 1. The van der Waals surface area contributed by atoms with Crippen LogP contribution in [-0.4, -0.2) is 34.2 Å². The van der Waals surface area contributed by atoms with Crippen molar-refractivity contribution in [2.45, 2.75) is 38.6 Å². The summed E-state index contributed by atoms with van der Waals surface area (Å²) in [5, 5.41) is 9.75. The van der Waals surface area contributed by atoms with E-state index in [0.29, 0.717) is 54.7 Å². The number of hydrogen-bond acceptors (Lipinski definition) is 4. The monoisotopic (exact) mass is 353 g/mol. The molecule has 1 amide bonds. The van der Waals surface area contributed by atoms with Crippen LogP contribution in [0.5, 0.6) is 0 Å². The zero-order chi connectivity index (χ0) is 18.4. The van der Waals surface area contributed by atoms with Crippen molar-refractivity contribution in [2.75, 3.05) is 6.54 Å². The summed E-state index contributed by atoms with van der Waals surface area (Å²) >= 11 is 0. The third kappa shape index (κ3) is 2.44. The first-order valence-electron chi connectivity index (χ1n) is 8.76. The summed E-state index contributed by atoms with van der Waals surface area (Å²) in [6.45, 7) is 2.00. The number of aryl methyl sites for hydroxylation is 1. The summed E-state index contributed by atoms with van der Waals surface area (Å²) < 4.78 is 5.73. The Morgan fingerprint density at radius 1 is 1.19 bits per heavy atom. The van der Waals surface area contributed by atoms with Crippen molar-refractivity contribution >= 4 is 17.7 Å². The van der Waals surface area contributed by atoms with Crippen molar-refractivity contribution in [1.29, 1.82) is 0 Å². The molecule has 1 atom stereocenters. The number of ketones is 1. The number of rotatable bonds is 2. The third-order valence-corrected chi connectivity index (χ3v) is 5.28. The molecule has 6 nitrogen and oxygen atoms in total. The van der Waals surface area contributed by atoms with E-state index >= 15 is 0 Å². The van der Waals surface area contributed by atoms with E-state index in [2.05, 4.69) is 0 Å². The number of carboxylic acid groups (broad SMARTS) is 1. The number of amides is 1. The number of nitrogens with zero attached hydrogens (tertiary/aromatic N) is 1. The Labute approximate surface area is 150 Å². The van der Waals surface area contributed by atoms with Gasteiger partial charge in [-0.25, -0.2) is 4.79 Å². The van der Waals surface area contributed by atoms with E-state index < -0.39 is 17.9 Å². The van der Waals surface area contributed by atoms with Gasteiger partial charge in [-0.1, -0.05) is 24.3 Å². The van der Waals surface area contributed by atoms with Crippen LogP contribution in [0.15, 0.2) is 28.7 Å². The highest BCUT2D eigenvalue weighted by Crippen LogP contribution is 2.34. The molecule has 0 saturated carbocycles. The van der Waals surface area contributed by atoms with Gasteiger partial charge in [0.15, 0.2) is 17.6 Å². The molecule has 1 unspecified atom stereocenters. The molecule has 1 N–H and O–H groups in total. The van der Waals surface area contributed by atoms with Crippen LogP contribution in [0.1, 0.15) is 62.2 Å². The maximum atomic E-state index is 13.1. The topological polar surface area (TPSA) is 87.8 Å². The second-order valence-electron chi connectivity index (χ2n) is 6.82. The predicted molar refractivity (Wildman–Crippen MR) is 92.3 cm³/mol. The lowest BCUT2D eigenvalue weighted by Crippen LogP contribution is -2.43. The van der Waals surface area contributed by atoms with Gasteiger partial charge in [0.2, 0.25) is 0 Å². The number of fused-ring (bicyclic) bond motifs is 2. The molecule has 0 spiro atoms. The SMILES string of the molecule is Cc1c(C(=O)N2CCc3ccccc3C2C(=O)O)oc2c1C(=O)CCC2. The number of carboxylic acids is 1. The Bertz CT molecular complexity index is 926. The lowest BCUT2D eigenvalue weighted by atomic mass is 9.91. The number of benzene rings is 1. The molecule has 0 saturated heterocycles. The normalized spacial score (nSPS) is 19.0. The summed E-state index contributed by atoms with van der Waals surface area (Å²) in [6.07, 6.45) is 2.38. The molecule has 0 bridgehead atoms. The summed E-state index contributed by atoms with van der Waals surface area (Å²) in [5.41, 5.74) is 2.60. The Kier molecular flexibility index (Phi) is 3.90. The quantitative estimate of drug-likeness (QED) is 0.897. The molecule has 0 radical (unpaired) electrons. The van der Waals surface area contributed by atoms with E-state index in [1.54, 1.807) is 19.1 Å². The van der Waals surface area contributed by atoms with Crippen LogP contribution in [0.4, 0.5) is 0 Å². The largest absolute Gasteiger partial charge is 0.479 e. The first-order chi connectivity index (χ1) is 12.5. The standard InChI is InChI=1S/C20H19NO5/c1-11-16-14(22)7-4-8-15(16)26-18(11)19(23)21-10-9-12-5-2-3-6-13(12)17(21)20(24)25/h2-3,5-6,17H,4,7-10H2,1H3,(H,24,25). The molecule has 0 fully saturated rings. The highest BCUT2D eigenvalue weighted by molar-refractivity contribution is 6.04. The Morgan fingerprint density at radius 3 is 2.69 bits per heavy atom. The Balaban J connectivity index is 1.75. The minimum Gasteiger partial charge on any atom is -0.479 e. The van der Waals surface area contributed by atoms with Gasteiger partial charge in [-0.2, -0.15) is 0 Å². The summed E-state index contributed by atoms with van der Waals surface area (Å²) in [6, 6.07) is 6.23. The minimum atomic E-state index is -1.07. The van der Waals surface area contributed by atoms with Crippen LogP contribution < -0.4 is 0 Å². The van der Waals surface area contributed by atoms with Crippen molar-refractivity contribution in [1.82, 2.24) is 4.90 Å². The minimum absolute atomic E-state index is 0.00896. The molecule has 1 aromatic carbocycles. The van der Waals surface area contributed by atoms with E-state index in [4.69, 9.17) is 4.42 Å². The fraction of sp³-hybridized carbons (Fsp3) is 0.350. The van der Waals surface area contributed by atoms with E-state index in [1.165, 1.54) is 4.90 Å². The molecule has 26 heavy (non-hydrogen) atoms. The second kappa shape index (κ2) is 6.12. The molecule has 6 heteroatoms. The maximum Gasteiger partial charge on any atom is 0.331 e. The lowest BCUT2D eigenvalue weighted by molar-refractivity contribution is -0.143. The molecule has 1 aliphatic carbocycles. The van der Waals surface area contributed by atoms with E-state index in [9.17, 15) is 19.5 Å².